The minimum Gasteiger partial charge on any atom is -0.493 e. The zero-order valence-electron chi connectivity index (χ0n) is 6.87. The Bertz CT molecular complexity index is 258. The fourth-order valence-electron chi connectivity index (χ4n) is 1.65. The van der Waals surface area contributed by atoms with Crippen LogP contribution in [0.4, 0.5) is 0 Å². The molecule has 0 bridgehead atoms. The van der Waals surface area contributed by atoms with Gasteiger partial charge in [-0.2, -0.15) is 0 Å². The normalized spacial score (nSPS) is 34.0. The van der Waals surface area contributed by atoms with Gasteiger partial charge in [-0.05, 0) is 25.0 Å². The van der Waals surface area contributed by atoms with Gasteiger partial charge in [0.1, 0.15) is 6.10 Å². The van der Waals surface area contributed by atoms with Crippen LogP contribution < -0.4 is 0 Å². The summed E-state index contributed by atoms with van der Waals surface area (Å²) < 4.78 is 5.50. The van der Waals surface area contributed by atoms with Gasteiger partial charge in [-0.15, -0.1) is 0 Å². The molecule has 0 spiro atoms. The monoisotopic (exact) mass is 148 g/mol. The molecule has 2 unspecified atom stereocenters. The van der Waals surface area contributed by atoms with E-state index in [1.807, 2.05) is 6.26 Å². The highest BCUT2D eigenvalue weighted by atomic mass is 16.5. The predicted octanol–water partition coefficient (Wildman–Crippen LogP) is 2.42. The fourth-order valence-corrected chi connectivity index (χ4v) is 1.65. The lowest BCUT2D eigenvalue weighted by atomic mass is 9.89. The van der Waals surface area contributed by atoms with Gasteiger partial charge in [0.15, 0.2) is 0 Å². The maximum atomic E-state index is 5.50. The Morgan fingerprint density at radius 2 is 2.09 bits per heavy atom. The molecule has 0 saturated carbocycles. The molecular formula is C10H12O. The summed E-state index contributed by atoms with van der Waals surface area (Å²) in [6.07, 6.45) is 8.61. The van der Waals surface area contributed by atoms with E-state index in [1.54, 1.807) is 0 Å². The summed E-state index contributed by atoms with van der Waals surface area (Å²) in [5, 5.41) is 0. The van der Waals surface area contributed by atoms with Crippen LogP contribution in [0.5, 0.6) is 0 Å². The van der Waals surface area contributed by atoms with Crippen LogP contribution in [0.25, 0.3) is 0 Å². The van der Waals surface area contributed by atoms with Gasteiger partial charge in [0.05, 0.1) is 6.26 Å². The van der Waals surface area contributed by atoms with Crippen molar-refractivity contribution in [1.29, 1.82) is 0 Å². The molecule has 0 fully saturated rings. The SMILES string of the molecule is CC1=COC2C(C)=CC=CC12. The zero-order valence-corrected chi connectivity index (χ0v) is 6.87. The average molecular weight is 148 g/mol. The van der Waals surface area contributed by atoms with Crippen LogP contribution in [0.1, 0.15) is 13.8 Å². The van der Waals surface area contributed by atoms with E-state index in [9.17, 15) is 0 Å². The van der Waals surface area contributed by atoms with Crippen molar-refractivity contribution in [3.05, 3.63) is 35.6 Å². The van der Waals surface area contributed by atoms with Crippen LogP contribution in [0.2, 0.25) is 0 Å². The number of hydrogen-bond donors (Lipinski definition) is 0. The Balaban J connectivity index is 2.30. The Morgan fingerprint density at radius 3 is 2.82 bits per heavy atom. The quantitative estimate of drug-likeness (QED) is 0.512. The molecule has 1 heterocycles. The molecule has 0 radical (unpaired) electrons. The van der Waals surface area contributed by atoms with Gasteiger partial charge < -0.3 is 4.74 Å². The van der Waals surface area contributed by atoms with Crippen molar-refractivity contribution in [2.24, 2.45) is 5.92 Å². The van der Waals surface area contributed by atoms with Gasteiger partial charge >= 0.3 is 0 Å². The van der Waals surface area contributed by atoms with Gasteiger partial charge in [0, 0.05) is 5.92 Å². The third-order valence-corrected chi connectivity index (χ3v) is 2.38. The molecular weight excluding hydrogens is 136 g/mol. The van der Waals surface area contributed by atoms with Crippen molar-refractivity contribution < 1.29 is 4.74 Å². The van der Waals surface area contributed by atoms with Crippen molar-refractivity contribution in [2.45, 2.75) is 20.0 Å². The van der Waals surface area contributed by atoms with Crippen LogP contribution >= 0.6 is 0 Å². The minimum atomic E-state index is 0.292. The molecule has 2 atom stereocenters. The molecule has 2 aliphatic rings. The van der Waals surface area contributed by atoms with Crippen molar-refractivity contribution in [3.8, 4) is 0 Å². The minimum absolute atomic E-state index is 0.292. The molecule has 0 aromatic carbocycles. The van der Waals surface area contributed by atoms with E-state index < -0.39 is 0 Å². The lowest BCUT2D eigenvalue weighted by Crippen LogP contribution is -2.19. The second kappa shape index (κ2) is 2.26. The molecule has 1 heteroatoms. The van der Waals surface area contributed by atoms with E-state index in [4.69, 9.17) is 4.74 Å². The van der Waals surface area contributed by atoms with Crippen LogP contribution in [-0.2, 0) is 4.74 Å². The van der Waals surface area contributed by atoms with E-state index in [0.717, 1.165) is 0 Å². The predicted molar refractivity (Wildman–Crippen MR) is 45.0 cm³/mol. The fraction of sp³-hybridized carbons (Fsp3) is 0.400. The second-order valence-electron chi connectivity index (χ2n) is 3.24. The van der Waals surface area contributed by atoms with Crippen LogP contribution in [0.3, 0.4) is 0 Å². The first-order chi connectivity index (χ1) is 5.29. The third-order valence-electron chi connectivity index (χ3n) is 2.38. The van der Waals surface area contributed by atoms with E-state index >= 15 is 0 Å². The number of fused-ring (bicyclic) bond motifs is 1. The van der Waals surface area contributed by atoms with E-state index in [2.05, 4.69) is 32.1 Å². The van der Waals surface area contributed by atoms with E-state index in [-0.39, 0.29) is 0 Å². The summed E-state index contributed by atoms with van der Waals surface area (Å²) in [5.41, 5.74) is 2.66. The Labute approximate surface area is 67.1 Å². The molecule has 2 rings (SSSR count). The summed E-state index contributed by atoms with van der Waals surface area (Å²) in [6, 6.07) is 0. The molecule has 1 aliphatic heterocycles. The van der Waals surface area contributed by atoms with Crippen LogP contribution in [-0.4, -0.2) is 6.10 Å². The lowest BCUT2D eigenvalue weighted by molar-refractivity contribution is 0.180. The topological polar surface area (TPSA) is 9.23 Å². The molecule has 0 saturated heterocycles. The van der Waals surface area contributed by atoms with Crippen molar-refractivity contribution in [3.63, 3.8) is 0 Å². The van der Waals surface area contributed by atoms with Gasteiger partial charge in [0.2, 0.25) is 0 Å². The van der Waals surface area contributed by atoms with Crippen molar-refractivity contribution in [2.75, 3.05) is 0 Å². The summed E-state index contributed by atoms with van der Waals surface area (Å²) in [7, 11) is 0. The Kier molecular flexibility index (Phi) is 1.38. The van der Waals surface area contributed by atoms with Gasteiger partial charge in [0.25, 0.3) is 0 Å². The summed E-state index contributed by atoms with van der Waals surface area (Å²) in [6.45, 7) is 4.24. The number of rotatable bonds is 0. The molecule has 0 amide bonds. The van der Waals surface area contributed by atoms with Crippen molar-refractivity contribution in [1.82, 2.24) is 0 Å². The largest absolute Gasteiger partial charge is 0.493 e. The van der Waals surface area contributed by atoms with E-state index in [1.165, 1.54) is 11.1 Å². The molecule has 11 heavy (non-hydrogen) atoms. The van der Waals surface area contributed by atoms with Crippen LogP contribution in [0.15, 0.2) is 35.6 Å². The van der Waals surface area contributed by atoms with Gasteiger partial charge in [-0.25, -0.2) is 0 Å². The Hall–Kier alpha value is -0.980. The highest BCUT2D eigenvalue weighted by Crippen LogP contribution is 2.33. The lowest BCUT2D eigenvalue weighted by Gasteiger charge is -2.20. The van der Waals surface area contributed by atoms with Gasteiger partial charge in [-0.1, -0.05) is 18.2 Å². The second-order valence-corrected chi connectivity index (χ2v) is 3.24. The van der Waals surface area contributed by atoms with Crippen LogP contribution in [0, 0.1) is 5.92 Å². The molecule has 0 N–H and O–H groups in total. The molecule has 58 valence electrons. The average Bonchev–Trinajstić information content (AvgIpc) is 2.35. The third kappa shape index (κ3) is 0.917. The maximum absolute atomic E-state index is 5.50. The highest BCUT2D eigenvalue weighted by molar-refractivity contribution is 5.31. The molecule has 1 nitrogen and oxygen atoms in total. The summed E-state index contributed by atoms with van der Waals surface area (Å²) >= 11 is 0. The van der Waals surface area contributed by atoms with Crippen molar-refractivity contribution >= 4 is 0 Å². The Morgan fingerprint density at radius 1 is 1.27 bits per heavy atom. The summed E-state index contributed by atoms with van der Waals surface area (Å²) in [4.78, 5) is 0. The van der Waals surface area contributed by atoms with Gasteiger partial charge in [-0.3, -0.25) is 0 Å². The molecule has 1 aliphatic carbocycles. The smallest absolute Gasteiger partial charge is 0.129 e. The number of allylic oxidation sites excluding steroid dienone is 2. The highest BCUT2D eigenvalue weighted by Gasteiger charge is 2.29. The standard InChI is InChI=1S/C10H12O/c1-7-4-3-5-9-8(2)6-11-10(7)9/h3-6,9-10H,1-2H3. The van der Waals surface area contributed by atoms with E-state index in [0.29, 0.717) is 12.0 Å². The molecule has 0 aromatic heterocycles. The number of hydrogen-bond acceptors (Lipinski definition) is 1. The first-order valence-corrected chi connectivity index (χ1v) is 3.96. The maximum Gasteiger partial charge on any atom is 0.129 e. The summed E-state index contributed by atoms with van der Waals surface area (Å²) in [5.74, 6) is 0.500. The first-order valence-electron chi connectivity index (χ1n) is 3.96. The number of ether oxygens (including phenoxy) is 1. The molecule has 0 aromatic rings. The zero-order chi connectivity index (χ0) is 7.84. The first kappa shape index (κ1) is 6.71.